The second kappa shape index (κ2) is 5.31. The summed E-state index contributed by atoms with van der Waals surface area (Å²) in [5.74, 6) is 1.56. The Hall–Kier alpha value is -1.36. The van der Waals surface area contributed by atoms with Gasteiger partial charge in [0.05, 0.1) is 12.8 Å². The number of nitrogens with zero attached hydrogens (tertiary/aromatic N) is 2. The van der Waals surface area contributed by atoms with Gasteiger partial charge in [0.2, 0.25) is 5.13 Å². The summed E-state index contributed by atoms with van der Waals surface area (Å²) < 4.78 is 5.35. The van der Waals surface area contributed by atoms with E-state index in [1.54, 1.807) is 17.6 Å². The molecule has 0 unspecified atom stereocenters. The van der Waals surface area contributed by atoms with E-state index in [4.69, 9.17) is 4.42 Å². The lowest BCUT2D eigenvalue weighted by atomic mass is 10.1. The van der Waals surface area contributed by atoms with Crippen LogP contribution in [-0.4, -0.2) is 10.2 Å². The van der Waals surface area contributed by atoms with Crippen LogP contribution in [0.4, 0.5) is 5.13 Å². The maximum atomic E-state index is 5.35. The van der Waals surface area contributed by atoms with E-state index in [-0.39, 0.29) is 0 Å². The van der Waals surface area contributed by atoms with Crippen LogP contribution in [0.15, 0.2) is 16.7 Å². The summed E-state index contributed by atoms with van der Waals surface area (Å²) in [6.07, 6.45) is 2.69. The van der Waals surface area contributed by atoms with E-state index in [2.05, 4.69) is 29.4 Å². The molecule has 0 fully saturated rings. The van der Waals surface area contributed by atoms with E-state index >= 15 is 0 Å². The van der Waals surface area contributed by atoms with Crippen LogP contribution >= 0.6 is 11.3 Å². The molecule has 0 atom stereocenters. The number of furan rings is 1. The summed E-state index contributed by atoms with van der Waals surface area (Å²) in [6.45, 7) is 7.06. The zero-order valence-corrected chi connectivity index (χ0v) is 11.2. The van der Waals surface area contributed by atoms with Crippen molar-refractivity contribution < 1.29 is 4.42 Å². The Morgan fingerprint density at radius 2 is 2.24 bits per heavy atom. The van der Waals surface area contributed by atoms with Gasteiger partial charge in [-0.25, -0.2) is 0 Å². The smallest absolute Gasteiger partial charge is 0.206 e. The second-order valence-electron chi connectivity index (χ2n) is 4.48. The lowest BCUT2D eigenvalue weighted by Crippen LogP contribution is -1.98. The first-order valence-corrected chi connectivity index (χ1v) is 6.56. The molecule has 17 heavy (non-hydrogen) atoms. The van der Waals surface area contributed by atoms with Gasteiger partial charge in [-0.1, -0.05) is 25.2 Å². The molecule has 0 aromatic carbocycles. The van der Waals surface area contributed by atoms with Crippen molar-refractivity contribution in [3.8, 4) is 0 Å². The Kier molecular flexibility index (Phi) is 3.78. The Labute approximate surface area is 105 Å². The minimum Gasteiger partial charge on any atom is -0.467 e. The first-order chi connectivity index (χ1) is 8.15. The standard InChI is InChI=1S/C12H17N3OS/c1-8(2)6-11-14-15-12(17-11)13-7-10-9(3)4-5-16-10/h4-5,8H,6-7H2,1-3H3,(H,13,15). The van der Waals surface area contributed by atoms with E-state index < -0.39 is 0 Å². The summed E-state index contributed by atoms with van der Waals surface area (Å²) in [5, 5.41) is 13.4. The molecule has 0 bridgehead atoms. The molecule has 0 saturated heterocycles. The van der Waals surface area contributed by atoms with Gasteiger partial charge >= 0.3 is 0 Å². The van der Waals surface area contributed by atoms with E-state index in [1.165, 1.54) is 0 Å². The van der Waals surface area contributed by atoms with Crippen molar-refractivity contribution in [2.24, 2.45) is 5.92 Å². The molecule has 0 radical (unpaired) electrons. The fourth-order valence-corrected chi connectivity index (χ4v) is 2.45. The molecule has 2 aromatic heterocycles. The highest BCUT2D eigenvalue weighted by molar-refractivity contribution is 7.15. The molecular formula is C12H17N3OS. The molecule has 0 amide bonds. The third-order valence-corrected chi connectivity index (χ3v) is 3.32. The monoisotopic (exact) mass is 251 g/mol. The topological polar surface area (TPSA) is 51.0 Å². The second-order valence-corrected chi connectivity index (χ2v) is 5.54. The average molecular weight is 251 g/mol. The molecule has 2 rings (SSSR count). The van der Waals surface area contributed by atoms with Crippen molar-refractivity contribution in [3.63, 3.8) is 0 Å². The van der Waals surface area contributed by atoms with Gasteiger partial charge in [-0.2, -0.15) is 0 Å². The summed E-state index contributed by atoms with van der Waals surface area (Å²) >= 11 is 1.61. The van der Waals surface area contributed by atoms with Crippen LogP contribution in [0.1, 0.15) is 30.2 Å². The summed E-state index contributed by atoms with van der Waals surface area (Å²) in [6, 6.07) is 1.96. The van der Waals surface area contributed by atoms with Crippen LogP contribution in [0.3, 0.4) is 0 Å². The number of anilines is 1. The molecule has 0 aliphatic carbocycles. The number of rotatable bonds is 5. The van der Waals surface area contributed by atoms with Gasteiger partial charge in [-0.3, -0.25) is 0 Å². The molecule has 2 heterocycles. The van der Waals surface area contributed by atoms with Gasteiger partial charge in [0.15, 0.2) is 0 Å². The van der Waals surface area contributed by atoms with Crippen molar-refractivity contribution >= 4 is 16.5 Å². The molecule has 0 saturated carbocycles. The predicted octanol–water partition coefficient (Wildman–Crippen LogP) is 3.25. The SMILES string of the molecule is Cc1ccoc1CNc1nnc(CC(C)C)s1. The van der Waals surface area contributed by atoms with E-state index in [1.807, 2.05) is 13.0 Å². The number of aryl methyl sites for hydroxylation is 1. The van der Waals surface area contributed by atoms with Crippen LogP contribution in [0.2, 0.25) is 0 Å². The average Bonchev–Trinajstić information content (AvgIpc) is 2.84. The normalized spacial score (nSPS) is 11.1. The van der Waals surface area contributed by atoms with E-state index in [0.717, 1.165) is 27.9 Å². The molecule has 2 aromatic rings. The molecule has 5 heteroatoms. The van der Waals surface area contributed by atoms with Crippen LogP contribution in [0.5, 0.6) is 0 Å². The van der Waals surface area contributed by atoms with Crippen LogP contribution in [-0.2, 0) is 13.0 Å². The molecule has 92 valence electrons. The Bertz CT molecular complexity index is 476. The van der Waals surface area contributed by atoms with Crippen LogP contribution < -0.4 is 5.32 Å². The van der Waals surface area contributed by atoms with Crippen molar-refractivity contribution in [1.82, 2.24) is 10.2 Å². The molecule has 0 aliphatic heterocycles. The molecular weight excluding hydrogens is 234 g/mol. The maximum absolute atomic E-state index is 5.35. The Balaban J connectivity index is 1.91. The summed E-state index contributed by atoms with van der Waals surface area (Å²) in [5.41, 5.74) is 1.16. The molecule has 1 N–H and O–H groups in total. The minimum atomic E-state index is 0.614. The zero-order chi connectivity index (χ0) is 12.3. The summed E-state index contributed by atoms with van der Waals surface area (Å²) in [7, 11) is 0. The van der Waals surface area contributed by atoms with Gasteiger partial charge < -0.3 is 9.73 Å². The number of hydrogen-bond acceptors (Lipinski definition) is 5. The van der Waals surface area contributed by atoms with Crippen LogP contribution in [0, 0.1) is 12.8 Å². The first kappa shape index (κ1) is 12.1. The lowest BCUT2D eigenvalue weighted by molar-refractivity contribution is 0.515. The highest BCUT2D eigenvalue weighted by atomic mass is 32.1. The van der Waals surface area contributed by atoms with Crippen LogP contribution in [0.25, 0.3) is 0 Å². The summed E-state index contributed by atoms with van der Waals surface area (Å²) in [4.78, 5) is 0. The Morgan fingerprint density at radius 3 is 2.88 bits per heavy atom. The number of aromatic nitrogens is 2. The Morgan fingerprint density at radius 1 is 1.41 bits per heavy atom. The fraction of sp³-hybridized carbons (Fsp3) is 0.500. The van der Waals surface area contributed by atoms with Crippen molar-refractivity contribution in [3.05, 3.63) is 28.7 Å². The van der Waals surface area contributed by atoms with Gasteiger partial charge in [-0.15, -0.1) is 10.2 Å². The van der Waals surface area contributed by atoms with Gasteiger partial charge in [-0.05, 0) is 24.5 Å². The van der Waals surface area contributed by atoms with Gasteiger partial charge in [0, 0.05) is 6.42 Å². The number of hydrogen-bond donors (Lipinski definition) is 1. The van der Waals surface area contributed by atoms with Crippen molar-refractivity contribution in [1.29, 1.82) is 0 Å². The highest BCUT2D eigenvalue weighted by Crippen LogP contribution is 2.19. The minimum absolute atomic E-state index is 0.614. The zero-order valence-electron chi connectivity index (χ0n) is 10.4. The molecule has 4 nitrogen and oxygen atoms in total. The van der Waals surface area contributed by atoms with Crippen molar-refractivity contribution in [2.45, 2.75) is 33.7 Å². The maximum Gasteiger partial charge on any atom is 0.206 e. The lowest BCUT2D eigenvalue weighted by Gasteiger charge is -1.99. The predicted molar refractivity (Wildman–Crippen MR) is 69.2 cm³/mol. The van der Waals surface area contributed by atoms with Gasteiger partial charge in [0.25, 0.3) is 0 Å². The highest BCUT2D eigenvalue weighted by Gasteiger charge is 2.07. The quantitative estimate of drug-likeness (QED) is 0.886. The van der Waals surface area contributed by atoms with Gasteiger partial charge in [0.1, 0.15) is 10.8 Å². The molecule has 0 spiro atoms. The fourth-order valence-electron chi connectivity index (χ4n) is 1.50. The third kappa shape index (κ3) is 3.30. The van der Waals surface area contributed by atoms with E-state index in [0.29, 0.717) is 12.5 Å². The molecule has 0 aliphatic rings. The van der Waals surface area contributed by atoms with E-state index in [9.17, 15) is 0 Å². The first-order valence-electron chi connectivity index (χ1n) is 5.74. The largest absolute Gasteiger partial charge is 0.467 e. The van der Waals surface area contributed by atoms with Crippen molar-refractivity contribution in [2.75, 3.05) is 5.32 Å². The third-order valence-electron chi connectivity index (χ3n) is 2.42. The number of nitrogens with one attached hydrogen (secondary N) is 1.